The summed E-state index contributed by atoms with van der Waals surface area (Å²) in [5.74, 6) is 0. The Morgan fingerprint density at radius 3 is 3.09 bits per heavy atom. The average molecular weight is 340 g/mol. The van der Waals surface area contributed by atoms with E-state index in [-0.39, 0.29) is 0 Å². The summed E-state index contributed by atoms with van der Waals surface area (Å²) < 4.78 is 3.45. The van der Waals surface area contributed by atoms with E-state index in [0.717, 1.165) is 9.43 Å². The fraction of sp³-hybridized carbons (Fsp3) is 0. The van der Waals surface area contributed by atoms with Gasteiger partial charge in [0.25, 0.3) is 0 Å². The molecule has 0 saturated carbocycles. The summed E-state index contributed by atoms with van der Waals surface area (Å²) in [6, 6.07) is 6.24. The fourth-order valence-electron chi connectivity index (χ4n) is 0.870. The molecule has 0 unspecified atom stereocenters. The Labute approximate surface area is 90.1 Å². The van der Waals surface area contributed by atoms with E-state index in [1.807, 2.05) is 6.07 Å². The molecule has 1 nitrogen and oxygen atoms in total. The first-order valence-electron chi connectivity index (χ1n) is 2.97. The smallest absolute Gasteiger partial charge is 0.160 e. The highest BCUT2D eigenvalue weighted by molar-refractivity contribution is 14.1. The van der Waals surface area contributed by atoms with Gasteiger partial charge in [-0.15, -0.1) is 11.3 Å². The van der Waals surface area contributed by atoms with Crippen LogP contribution in [0.25, 0.3) is 10.2 Å². The first kappa shape index (κ1) is 7.94. The van der Waals surface area contributed by atoms with Gasteiger partial charge in [-0.2, -0.15) is 0 Å². The molecule has 56 valence electrons. The maximum Gasteiger partial charge on any atom is 0.160 e. The highest BCUT2D eigenvalue weighted by Gasteiger charge is 1.99. The Kier molecular flexibility index (Phi) is 2.16. The van der Waals surface area contributed by atoms with E-state index >= 15 is 0 Å². The lowest BCUT2D eigenvalue weighted by atomic mass is 10.3. The molecule has 0 bridgehead atoms. The Hall–Kier alpha value is 0.320. The minimum atomic E-state index is 0.953. The van der Waals surface area contributed by atoms with E-state index in [4.69, 9.17) is 0 Å². The van der Waals surface area contributed by atoms with Crippen molar-refractivity contribution in [3.8, 4) is 0 Å². The van der Waals surface area contributed by atoms with Gasteiger partial charge in [-0.05, 0) is 56.7 Å². The largest absolute Gasteiger partial charge is 0.229 e. The zero-order chi connectivity index (χ0) is 7.84. The highest BCUT2D eigenvalue weighted by Crippen LogP contribution is 2.26. The van der Waals surface area contributed by atoms with Crippen LogP contribution in [0.2, 0.25) is 0 Å². The van der Waals surface area contributed by atoms with Gasteiger partial charge in [0.05, 0.1) is 10.2 Å². The number of fused-ring (bicyclic) bond motifs is 1. The number of hydrogen-bond donors (Lipinski definition) is 0. The molecular formula is C7H3BrINS. The number of aromatic nitrogens is 1. The lowest BCUT2D eigenvalue weighted by Crippen LogP contribution is -1.68. The summed E-state index contributed by atoms with van der Waals surface area (Å²) in [5, 5.41) is 0. The van der Waals surface area contributed by atoms with Crippen LogP contribution in [0.15, 0.2) is 22.1 Å². The molecule has 0 radical (unpaired) electrons. The Bertz CT molecular complexity index is 398. The lowest BCUT2D eigenvalue weighted by molar-refractivity contribution is 1.45. The van der Waals surface area contributed by atoms with Crippen LogP contribution in [0, 0.1) is 3.57 Å². The third-order valence-electron chi connectivity index (χ3n) is 1.32. The third kappa shape index (κ3) is 1.57. The van der Waals surface area contributed by atoms with Gasteiger partial charge in [-0.25, -0.2) is 4.98 Å². The van der Waals surface area contributed by atoms with E-state index < -0.39 is 0 Å². The minimum Gasteiger partial charge on any atom is -0.229 e. The van der Waals surface area contributed by atoms with Crippen LogP contribution in [0.1, 0.15) is 0 Å². The second-order valence-corrected chi connectivity index (χ2v) is 5.63. The molecule has 0 amide bonds. The van der Waals surface area contributed by atoms with Crippen LogP contribution < -0.4 is 0 Å². The van der Waals surface area contributed by atoms with Gasteiger partial charge in [-0.3, -0.25) is 0 Å². The summed E-state index contributed by atoms with van der Waals surface area (Å²) in [7, 11) is 0. The first-order valence-corrected chi connectivity index (χ1v) is 5.66. The monoisotopic (exact) mass is 339 g/mol. The van der Waals surface area contributed by atoms with Gasteiger partial charge >= 0.3 is 0 Å². The molecule has 0 aliphatic rings. The summed E-state index contributed by atoms with van der Waals surface area (Å²) in [6.07, 6.45) is 0. The van der Waals surface area contributed by atoms with Crippen LogP contribution in [-0.2, 0) is 0 Å². The molecule has 2 aromatic rings. The van der Waals surface area contributed by atoms with Crippen molar-refractivity contribution < 1.29 is 0 Å². The third-order valence-corrected chi connectivity index (χ3v) is 3.46. The number of nitrogens with zero attached hydrogens (tertiary/aromatic N) is 1. The van der Waals surface area contributed by atoms with Gasteiger partial charge in [0.1, 0.15) is 0 Å². The van der Waals surface area contributed by atoms with Crippen LogP contribution in [0.3, 0.4) is 0 Å². The topological polar surface area (TPSA) is 12.9 Å². The summed E-state index contributed by atoms with van der Waals surface area (Å²) >= 11 is 7.32. The Morgan fingerprint density at radius 1 is 1.45 bits per heavy atom. The molecule has 11 heavy (non-hydrogen) atoms. The highest BCUT2D eigenvalue weighted by atomic mass is 127. The Morgan fingerprint density at radius 2 is 2.27 bits per heavy atom. The maximum absolute atomic E-state index is 4.29. The van der Waals surface area contributed by atoms with Crippen molar-refractivity contribution in [2.24, 2.45) is 0 Å². The van der Waals surface area contributed by atoms with Crippen LogP contribution in [-0.4, -0.2) is 4.98 Å². The molecule has 4 heteroatoms. The van der Waals surface area contributed by atoms with E-state index in [1.165, 1.54) is 8.27 Å². The molecule has 0 spiro atoms. The summed E-state index contributed by atoms with van der Waals surface area (Å²) in [6.45, 7) is 0. The summed E-state index contributed by atoms with van der Waals surface area (Å²) in [4.78, 5) is 4.29. The maximum atomic E-state index is 4.29. The van der Waals surface area contributed by atoms with Gasteiger partial charge in [-0.1, -0.05) is 0 Å². The zero-order valence-electron chi connectivity index (χ0n) is 5.34. The van der Waals surface area contributed by atoms with Gasteiger partial charge in [0, 0.05) is 3.57 Å². The van der Waals surface area contributed by atoms with Crippen molar-refractivity contribution in [3.05, 3.63) is 25.7 Å². The molecule has 0 atom stereocenters. The predicted molar refractivity (Wildman–Crippen MR) is 60.0 cm³/mol. The quantitative estimate of drug-likeness (QED) is 0.667. The van der Waals surface area contributed by atoms with E-state index in [1.54, 1.807) is 11.3 Å². The molecular weight excluding hydrogens is 337 g/mol. The summed E-state index contributed by atoms with van der Waals surface area (Å²) in [5.41, 5.74) is 1.07. The van der Waals surface area contributed by atoms with E-state index in [9.17, 15) is 0 Å². The number of hydrogen-bond acceptors (Lipinski definition) is 2. The average Bonchev–Trinajstić information content (AvgIpc) is 2.27. The molecule has 1 aromatic heterocycles. The molecule has 1 heterocycles. The molecule has 0 aliphatic carbocycles. The lowest BCUT2D eigenvalue weighted by Gasteiger charge is -1.86. The first-order chi connectivity index (χ1) is 5.25. The predicted octanol–water partition coefficient (Wildman–Crippen LogP) is 3.66. The SMILES string of the molecule is Brc1nc2ccc(I)cc2s1. The molecule has 0 aliphatic heterocycles. The molecule has 0 fully saturated rings. The number of benzene rings is 1. The number of halogens is 2. The van der Waals surface area contributed by atoms with Crippen LogP contribution in [0.5, 0.6) is 0 Å². The standard InChI is InChI=1S/C7H3BrINS/c8-7-10-5-2-1-4(9)3-6(5)11-7/h1-3H. The van der Waals surface area contributed by atoms with E-state index in [2.05, 4.69) is 55.6 Å². The van der Waals surface area contributed by atoms with Crippen molar-refractivity contribution in [1.82, 2.24) is 4.98 Å². The zero-order valence-corrected chi connectivity index (χ0v) is 9.90. The fourth-order valence-corrected chi connectivity index (χ4v) is 3.02. The second kappa shape index (κ2) is 2.99. The van der Waals surface area contributed by atoms with Crippen molar-refractivity contribution in [2.75, 3.05) is 0 Å². The van der Waals surface area contributed by atoms with Gasteiger partial charge in [0.15, 0.2) is 3.92 Å². The van der Waals surface area contributed by atoms with E-state index in [0.29, 0.717) is 0 Å². The van der Waals surface area contributed by atoms with Gasteiger partial charge < -0.3 is 0 Å². The second-order valence-electron chi connectivity index (χ2n) is 2.08. The van der Waals surface area contributed by atoms with Crippen molar-refractivity contribution in [1.29, 1.82) is 0 Å². The number of rotatable bonds is 0. The van der Waals surface area contributed by atoms with Gasteiger partial charge in [0.2, 0.25) is 0 Å². The molecule has 2 rings (SSSR count). The Balaban J connectivity index is 2.82. The van der Waals surface area contributed by atoms with Crippen molar-refractivity contribution in [3.63, 3.8) is 0 Å². The molecule has 0 saturated heterocycles. The minimum absolute atomic E-state index is 0.953. The van der Waals surface area contributed by atoms with Crippen LogP contribution in [0.4, 0.5) is 0 Å². The molecule has 0 N–H and O–H groups in total. The molecule has 1 aromatic carbocycles. The number of thiazole rings is 1. The van der Waals surface area contributed by atoms with Crippen molar-refractivity contribution >= 4 is 60.1 Å². The normalized spacial score (nSPS) is 10.7. The van der Waals surface area contributed by atoms with Crippen LogP contribution >= 0.6 is 49.9 Å². The van der Waals surface area contributed by atoms with Crippen molar-refractivity contribution in [2.45, 2.75) is 0 Å².